The number of carbonyl (C=O) groups is 1. The van der Waals surface area contributed by atoms with E-state index in [9.17, 15) is 4.79 Å². The smallest absolute Gasteiger partial charge is 0.243 e. The van der Waals surface area contributed by atoms with E-state index in [0.29, 0.717) is 25.0 Å². The third-order valence-electron chi connectivity index (χ3n) is 4.14. The first-order valence-corrected chi connectivity index (χ1v) is 9.04. The topological polar surface area (TPSA) is 75.2 Å². The van der Waals surface area contributed by atoms with Gasteiger partial charge in [-0.1, -0.05) is 17.7 Å². The molecular formula is C19H30N4O3. The van der Waals surface area contributed by atoms with Crippen molar-refractivity contribution in [3.63, 3.8) is 0 Å². The van der Waals surface area contributed by atoms with Crippen LogP contribution >= 0.6 is 0 Å². The Kier molecular flexibility index (Phi) is 8.21. The molecule has 0 saturated carbocycles. The van der Waals surface area contributed by atoms with Gasteiger partial charge < -0.3 is 25.0 Å². The van der Waals surface area contributed by atoms with Crippen molar-refractivity contribution in [2.45, 2.75) is 13.3 Å². The van der Waals surface area contributed by atoms with Gasteiger partial charge in [-0.15, -0.1) is 0 Å². The molecule has 0 aromatic heterocycles. The fraction of sp³-hybridized carbons (Fsp3) is 0.579. The van der Waals surface area contributed by atoms with E-state index in [0.717, 1.165) is 31.9 Å². The number of nitrogens with one attached hydrogen (secondary N) is 2. The van der Waals surface area contributed by atoms with E-state index >= 15 is 0 Å². The van der Waals surface area contributed by atoms with Crippen LogP contribution in [0.25, 0.3) is 0 Å². The zero-order valence-corrected chi connectivity index (χ0v) is 16.0. The molecular weight excluding hydrogens is 332 g/mol. The lowest BCUT2D eigenvalue weighted by Crippen LogP contribution is -2.42. The Balaban J connectivity index is 1.78. The Hall–Kier alpha value is -2.28. The number of hydrogen-bond acceptors (Lipinski definition) is 4. The van der Waals surface area contributed by atoms with E-state index in [1.165, 1.54) is 10.5 Å². The molecule has 7 nitrogen and oxygen atoms in total. The molecule has 1 aliphatic heterocycles. The van der Waals surface area contributed by atoms with E-state index in [1.807, 2.05) is 31.2 Å². The fourth-order valence-corrected chi connectivity index (χ4v) is 2.42. The van der Waals surface area contributed by atoms with Crippen LogP contribution in [0.3, 0.4) is 0 Å². The number of amides is 1. The summed E-state index contributed by atoms with van der Waals surface area (Å²) < 4.78 is 11.1. The van der Waals surface area contributed by atoms with Gasteiger partial charge in [0, 0.05) is 33.2 Å². The molecule has 0 aliphatic carbocycles. The summed E-state index contributed by atoms with van der Waals surface area (Å²) in [5.74, 6) is 1.91. The van der Waals surface area contributed by atoms with Crippen LogP contribution in [0.4, 0.5) is 0 Å². The van der Waals surface area contributed by atoms with Gasteiger partial charge in [0.1, 0.15) is 18.9 Å². The molecule has 0 bridgehead atoms. The van der Waals surface area contributed by atoms with E-state index in [2.05, 4.69) is 15.6 Å². The minimum atomic E-state index is -0.0359. The van der Waals surface area contributed by atoms with E-state index in [4.69, 9.17) is 9.47 Å². The normalized spacial score (nSPS) is 17.0. The van der Waals surface area contributed by atoms with Crippen molar-refractivity contribution >= 4 is 11.9 Å². The number of hydrogen-bond donors (Lipinski definition) is 2. The molecule has 1 heterocycles. The average molecular weight is 362 g/mol. The second kappa shape index (κ2) is 10.7. The Morgan fingerprint density at radius 2 is 2.08 bits per heavy atom. The molecule has 26 heavy (non-hydrogen) atoms. The van der Waals surface area contributed by atoms with Crippen molar-refractivity contribution < 1.29 is 14.3 Å². The van der Waals surface area contributed by atoms with Gasteiger partial charge in [-0.2, -0.15) is 0 Å². The maximum Gasteiger partial charge on any atom is 0.243 e. The lowest BCUT2D eigenvalue weighted by Gasteiger charge is -2.16. The Bertz CT molecular complexity index is 581. The largest absolute Gasteiger partial charge is 0.492 e. The van der Waals surface area contributed by atoms with Crippen LogP contribution < -0.4 is 15.4 Å². The number of ether oxygens (including phenoxy) is 2. The highest BCUT2D eigenvalue weighted by atomic mass is 16.5. The highest BCUT2D eigenvalue weighted by Gasteiger charge is 2.16. The number of guanidine groups is 1. The van der Waals surface area contributed by atoms with E-state index in [1.54, 1.807) is 14.1 Å². The second-order valence-corrected chi connectivity index (χ2v) is 6.65. The predicted octanol–water partition coefficient (Wildman–Crippen LogP) is 1.03. The minimum Gasteiger partial charge on any atom is -0.492 e. The van der Waals surface area contributed by atoms with Crippen LogP contribution in [0.2, 0.25) is 0 Å². The molecule has 2 rings (SSSR count). The summed E-state index contributed by atoms with van der Waals surface area (Å²) in [5.41, 5.74) is 1.20. The number of carbonyl (C=O) groups excluding carboxylic acids is 1. The Morgan fingerprint density at radius 3 is 2.73 bits per heavy atom. The summed E-state index contributed by atoms with van der Waals surface area (Å²) in [6.45, 7) is 5.63. The van der Waals surface area contributed by atoms with Crippen molar-refractivity contribution in [1.29, 1.82) is 0 Å². The molecule has 1 fully saturated rings. The van der Waals surface area contributed by atoms with Crippen LogP contribution in [0.1, 0.15) is 12.0 Å². The van der Waals surface area contributed by atoms with Gasteiger partial charge in [-0.3, -0.25) is 4.79 Å². The molecule has 144 valence electrons. The quantitative estimate of drug-likeness (QED) is 0.410. The van der Waals surface area contributed by atoms with Crippen molar-refractivity contribution in [3.05, 3.63) is 29.8 Å². The first-order chi connectivity index (χ1) is 12.5. The lowest BCUT2D eigenvalue weighted by molar-refractivity contribution is -0.127. The van der Waals surface area contributed by atoms with Gasteiger partial charge in [0.15, 0.2) is 5.96 Å². The monoisotopic (exact) mass is 362 g/mol. The number of nitrogens with zero attached hydrogens (tertiary/aromatic N) is 2. The number of aliphatic imine (C=N–C) groups is 1. The molecule has 2 N–H and O–H groups in total. The summed E-state index contributed by atoms with van der Waals surface area (Å²) >= 11 is 0. The summed E-state index contributed by atoms with van der Waals surface area (Å²) in [4.78, 5) is 17.7. The molecule has 1 aliphatic rings. The number of aryl methyl sites for hydroxylation is 1. The third kappa shape index (κ3) is 7.31. The van der Waals surface area contributed by atoms with Gasteiger partial charge in [0.2, 0.25) is 5.91 Å². The van der Waals surface area contributed by atoms with Gasteiger partial charge >= 0.3 is 0 Å². The van der Waals surface area contributed by atoms with Gasteiger partial charge in [-0.05, 0) is 25.5 Å². The van der Waals surface area contributed by atoms with Crippen LogP contribution in [0.5, 0.6) is 5.75 Å². The fourth-order valence-electron chi connectivity index (χ4n) is 2.42. The molecule has 1 amide bonds. The maximum absolute atomic E-state index is 11.8. The standard InChI is InChI=1S/C19H30N4O3/c1-15-4-6-17(7-5-15)26-11-9-20-19(22-13-18(24)23(2)3)21-12-16-8-10-25-14-16/h4-7,16H,8-14H2,1-3H3,(H2,20,21,22). The summed E-state index contributed by atoms with van der Waals surface area (Å²) in [6, 6.07) is 7.96. The van der Waals surface area contributed by atoms with Crippen molar-refractivity contribution in [3.8, 4) is 5.75 Å². The predicted molar refractivity (Wildman–Crippen MR) is 103 cm³/mol. The second-order valence-electron chi connectivity index (χ2n) is 6.65. The molecule has 1 unspecified atom stereocenters. The SMILES string of the molecule is Cc1ccc(OCCNC(=NCC(=O)N(C)C)NCC2CCOC2)cc1. The lowest BCUT2D eigenvalue weighted by atomic mass is 10.1. The highest BCUT2D eigenvalue weighted by molar-refractivity contribution is 5.84. The number of likely N-dealkylation sites (N-methyl/N-ethyl adjacent to an activating group) is 1. The van der Waals surface area contributed by atoms with Crippen molar-refractivity contribution in [2.24, 2.45) is 10.9 Å². The Morgan fingerprint density at radius 1 is 1.31 bits per heavy atom. The summed E-state index contributed by atoms with van der Waals surface area (Å²) in [7, 11) is 3.45. The maximum atomic E-state index is 11.8. The van der Waals surface area contributed by atoms with Crippen molar-refractivity contribution in [1.82, 2.24) is 15.5 Å². The molecule has 1 saturated heterocycles. The number of rotatable bonds is 8. The molecule has 1 aromatic rings. The first kappa shape index (κ1) is 20.0. The average Bonchev–Trinajstić information content (AvgIpc) is 3.15. The minimum absolute atomic E-state index is 0.0359. The molecule has 1 atom stereocenters. The van der Waals surface area contributed by atoms with Crippen LogP contribution in [-0.2, 0) is 9.53 Å². The van der Waals surface area contributed by atoms with E-state index in [-0.39, 0.29) is 12.5 Å². The Labute approximate surface area is 155 Å². The van der Waals surface area contributed by atoms with E-state index < -0.39 is 0 Å². The number of benzene rings is 1. The molecule has 0 radical (unpaired) electrons. The molecule has 0 spiro atoms. The summed E-state index contributed by atoms with van der Waals surface area (Å²) in [5, 5.41) is 6.52. The zero-order valence-electron chi connectivity index (χ0n) is 16.0. The van der Waals surface area contributed by atoms with Gasteiger partial charge in [0.25, 0.3) is 0 Å². The third-order valence-corrected chi connectivity index (χ3v) is 4.14. The van der Waals surface area contributed by atoms with Crippen molar-refractivity contribution in [2.75, 3.05) is 53.6 Å². The van der Waals surface area contributed by atoms with Gasteiger partial charge in [-0.25, -0.2) is 4.99 Å². The molecule has 7 heteroatoms. The zero-order chi connectivity index (χ0) is 18.8. The highest BCUT2D eigenvalue weighted by Crippen LogP contribution is 2.11. The summed E-state index contributed by atoms with van der Waals surface area (Å²) in [6.07, 6.45) is 1.05. The first-order valence-electron chi connectivity index (χ1n) is 9.04. The van der Waals surface area contributed by atoms with Crippen LogP contribution in [-0.4, -0.2) is 70.3 Å². The molecule has 1 aromatic carbocycles. The van der Waals surface area contributed by atoms with Gasteiger partial charge in [0.05, 0.1) is 13.2 Å². The van der Waals surface area contributed by atoms with Crippen LogP contribution in [0, 0.1) is 12.8 Å². The van der Waals surface area contributed by atoms with Crippen LogP contribution in [0.15, 0.2) is 29.3 Å².